The summed E-state index contributed by atoms with van der Waals surface area (Å²) >= 11 is 7.21. The number of nitrogens with zero attached hydrogens (tertiary/aromatic N) is 2. The van der Waals surface area contributed by atoms with Crippen molar-refractivity contribution in [2.24, 2.45) is 0 Å². The predicted octanol–water partition coefficient (Wildman–Crippen LogP) is 3.81. The summed E-state index contributed by atoms with van der Waals surface area (Å²) in [5, 5.41) is 5.88. The molecular formula is C12H8ClFN4S. The van der Waals surface area contributed by atoms with Gasteiger partial charge >= 0.3 is 0 Å². The zero-order valence-electron chi connectivity index (χ0n) is 9.52. The van der Waals surface area contributed by atoms with Crippen molar-refractivity contribution < 1.29 is 4.39 Å². The van der Waals surface area contributed by atoms with Crippen LogP contribution in [-0.2, 0) is 0 Å². The SMILES string of the molecule is Nc1nc(Nc2ccc(F)c(Cl)c2)c2ccsc2n1. The molecule has 4 nitrogen and oxygen atoms in total. The normalized spacial score (nSPS) is 10.8. The van der Waals surface area contributed by atoms with Crippen LogP contribution in [0.5, 0.6) is 0 Å². The van der Waals surface area contributed by atoms with Crippen molar-refractivity contribution in [3.63, 3.8) is 0 Å². The summed E-state index contributed by atoms with van der Waals surface area (Å²) in [6.45, 7) is 0. The summed E-state index contributed by atoms with van der Waals surface area (Å²) in [6.07, 6.45) is 0. The number of nitrogen functional groups attached to an aromatic ring is 1. The zero-order chi connectivity index (χ0) is 13.4. The fourth-order valence-corrected chi connectivity index (χ4v) is 2.63. The Morgan fingerprint density at radius 1 is 1.26 bits per heavy atom. The first-order valence-corrected chi connectivity index (χ1v) is 6.62. The van der Waals surface area contributed by atoms with Crippen LogP contribution < -0.4 is 11.1 Å². The van der Waals surface area contributed by atoms with E-state index in [9.17, 15) is 4.39 Å². The van der Waals surface area contributed by atoms with Gasteiger partial charge in [-0.1, -0.05) is 11.6 Å². The third-order valence-electron chi connectivity index (χ3n) is 2.52. The minimum absolute atomic E-state index is 0.0496. The second-order valence-corrected chi connectivity index (χ2v) is 5.13. The van der Waals surface area contributed by atoms with Gasteiger partial charge in [0.25, 0.3) is 0 Å². The molecule has 2 aromatic heterocycles. The average Bonchev–Trinajstić information content (AvgIpc) is 2.82. The van der Waals surface area contributed by atoms with Gasteiger partial charge in [-0.3, -0.25) is 0 Å². The second-order valence-electron chi connectivity index (χ2n) is 3.82. The maximum absolute atomic E-state index is 13.1. The van der Waals surface area contributed by atoms with Gasteiger partial charge in [0.2, 0.25) is 5.95 Å². The molecule has 0 bridgehead atoms. The van der Waals surface area contributed by atoms with Crippen molar-refractivity contribution in [3.05, 3.63) is 40.5 Å². The Balaban J connectivity index is 2.04. The molecule has 3 rings (SSSR count). The number of hydrogen-bond donors (Lipinski definition) is 2. The minimum Gasteiger partial charge on any atom is -0.368 e. The maximum Gasteiger partial charge on any atom is 0.223 e. The zero-order valence-corrected chi connectivity index (χ0v) is 11.1. The highest BCUT2D eigenvalue weighted by Gasteiger charge is 2.08. The molecule has 7 heteroatoms. The Hall–Kier alpha value is -1.92. The molecule has 3 N–H and O–H groups in total. The number of benzene rings is 1. The Labute approximate surface area is 117 Å². The van der Waals surface area contributed by atoms with E-state index < -0.39 is 5.82 Å². The fourth-order valence-electron chi connectivity index (χ4n) is 1.68. The van der Waals surface area contributed by atoms with E-state index in [0.717, 1.165) is 10.2 Å². The van der Waals surface area contributed by atoms with Crippen molar-refractivity contribution in [3.8, 4) is 0 Å². The lowest BCUT2D eigenvalue weighted by Gasteiger charge is -2.08. The van der Waals surface area contributed by atoms with Crippen molar-refractivity contribution >= 4 is 50.6 Å². The molecule has 0 aliphatic carbocycles. The van der Waals surface area contributed by atoms with Crippen molar-refractivity contribution in [2.75, 3.05) is 11.1 Å². The number of nitrogens with one attached hydrogen (secondary N) is 1. The Morgan fingerprint density at radius 3 is 2.89 bits per heavy atom. The van der Waals surface area contributed by atoms with Gasteiger partial charge in [0.05, 0.1) is 10.4 Å². The Kier molecular flexibility index (Phi) is 2.96. The van der Waals surface area contributed by atoms with Crippen LogP contribution in [0.3, 0.4) is 0 Å². The highest BCUT2D eigenvalue weighted by molar-refractivity contribution is 7.16. The number of aromatic nitrogens is 2. The molecule has 0 spiro atoms. The highest BCUT2D eigenvalue weighted by atomic mass is 35.5. The van der Waals surface area contributed by atoms with Gasteiger partial charge in [0.15, 0.2) is 0 Å². The molecule has 0 saturated heterocycles. The molecule has 0 fully saturated rings. The Morgan fingerprint density at radius 2 is 2.11 bits per heavy atom. The van der Waals surface area contributed by atoms with E-state index in [0.29, 0.717) is 11.5 Å². The summed E-state index contributed by atoms with van der Waals surface area (Å²) in [7, 11) is 0. The molecule has 0 saturated carbocycles. The van der Waals surface area contributed by atoms with Gasteiger partial charge < -0.3 is 11.1 Å². The van der Waals surface area contributed by atoms with Gasteiger partial charge in [-0.15, -0.1) is 11.3 Å². The van der Waals surface area contributed by atoms with Crippen molar-refractivity contribution in [1.82, 2.24) is 9.97 Å². The number of halogens is 2. The second kappa shape index (κ2) is 4.64. The maximum atomic E-state index is 13.1. The smallest absolute Gasteiger partial charge is 0.223 e. The van der Waals surface area contributed by atoms with Gasteiger partial charge in [-0.25, -0.2) is 9.37 Å². The minimum atomic E-state index is -0.463. The van der Waals surface area contributed by atoms with Crippen molar-refractivity contribution in [1.29, 1.82) is 0 Å². The molecule has 1 aromatic carbocycles. The highest BCUT2D eigenvalue weighted by Crippen LogP contribution is 2.29. The molecule has 2 heterocycles. The van der Waals surface area contributed by atoms with Crippen LogP contribution in [0.4, 0.5) is 21.8 Å². The first kappa shape index (κ1) is 12.1. The van der Waals surface area contributed by atoms with Crippen LogP contribution in [0.25, 0.3) is 10.2 Å². The van der Waals surface area contributed by atoms with E-state index in [1.807, 2.05) is 11.4 Å². The number of hydrogen-bond acceptors (Lipinski definition) is 5. The molecule has 0 amide bonds. The number of nitrogens with two attached hydrogens (primary N) is 1. The van der Waals surface area contributed by atoms with Gasteiger partial charge in [-0.05, 0) is 29.6 Å². The largest absolute Gasteiger partial charge is 0.368 e. The van der Waals surface area contributed by atoms with Crippen LogP contribution in [0, 0.1) is 5.82 Å². The van der Waals surface area contributed by atoms with E-state index in [1.165, 1.54) is 23.5 Å². The number of fused-ring (bicyclic) bond motifs is 1. The lowest BCUT2D eigenvalue weighted by molar-refractivity contribution is 0.628. The van der Waals surface area contributed by atoms with E-state index in [1.54, 1.807) is 6.07 Å². The molecule has 96 valence electrons. The van der Waals surface area contributed by atoms with E-state index >= 15 is 0 Å². The molecule has 0 radical (unpaired) electrons. The summed E-state index contributed by atoms with van der Waals surface area (Å²) in [5.74, 6) is 0.298. The quantitative estimate of drug-likeness (QED) is 0.754. The third kappa shape index (κ3) is 2.32. The standard InChI is InChI=1S/C12H8ClFN4S/c13-8-5-6(1-2-9(8)14)16-10-7-3-4-19-11(7)18-12(15)17-10/h1-5H,(H3,15,16,17,18). The molecule has 19 heavy (non-hydrogen) atoms. The van der Waals surface area contributed by atoms with Gasteiger partial charge in [0, 0.05) is 5.69 Å². The summed E-state index contributed by atoms with van der Waals surface area (Å²) in [6, 6.07) is 6.26. The summed E-state index contributed by atoms with van der Waals surface area (Å²) in [4.78, 5) is 9.07. The molecule has 0 aliphatic rings. The van der Waals surface area contributed by atoms with E-state index in [4.69, 9.17) is 17.3 Å². The third-order valence-corrected chi connectivity index (χ3v) is 3.62. The number of thiophene rings is 1. The van der Waals surface area contributed by atoms with Gasteiger partial charge in [-0.2, -0.15) is 4.98 Å². The Bertz CT molecular complexity index is 759. The topological polar surface area (TPSA) is 63.8 Å². The molecule has 0 unspecified atom stereocenters. The fraction of sp³-hybridized carbons (Fsp3) is 0. The average molecular weight is 295 g/mol. The first-order chi connectivity index (χ1) is 9.13. The van der Waals surface area contributed by atoms with E-state index in [2.05, 4.69) is 15.3 Å². The lowest BCUT2D eigenvalue weighted by Crippen LogP contribution is -2.00. The van der Waals surface area contributed by atoms with Crippen LogP contribution >= 0.6 is 22.9 Å². The molecule has 0 atom stereocenters. The van der Waals surface area contributed by atoms with Crippen molar-refractivity contribution in [2.45, 2.75) is 0 Å². The predicted molar refractivity (Wildman–Crippen MR) is 76.5 cm³/mol. The number of anilines is 3. The first-order valence-electron chi connectivity index (χ1n) is 5.36. The van der Waals surface area contributed by atoms with Gasteiger partial charge in [0.1, 0.15) is 16.5 Å². The van der Waals surface area contributed by atoms with Crippen LogP contribution in [0.1, 0.15) is 0 Å². The molecule has 3 aromatic rings. The molecule has 0 aliphatic heterocycles. The van der Waals surface area contributed by atoms with Crippen LogP contribution in [-0.4, -0.2) is 9.97 Å². The number of rotatable bonds is 2. The van der Waals surface area contributed by atoms with Crippen LogP contribution in [0.15, 0.2) is 29.6 Å². The molecular weight excluding hydrogens is 287 g/mol. The van der Waals surface area contributed by atoms with E-state index in [-0.39, 0.29) is 11.0 Å². The monoisotopic (exact) mass is 294 g/mol. The lowest BCUT2D eigenvalue weighted by atomic mass is 10.3. The summed E-state index contributed by atoms with van der Waals surface area (Å²) < 4.78 is 13.1. The summed E-state index contributed by atoms with van der Waals surface area (Å²) in [5.41, 5.74) is 6.29. The van der Waals surface area contributed by atoms with Crippen LogP contribution in [0.2, 0.25) is 5.02 Å².